The molecule has 5 rings (SSSR count). The number of nitrogens with one attached hydrogen (secondary N) is 2. The molecule has 1 atom stereocenters. The number of sulfone groups is 1. The van der Waals surface area contributed by atoms with E-state index >= 15 is 4.39 Å². The molecule has 2 N–H and O–H groups in total. The van der Waals surface area contributed by atoms with Gasteiger partial charge in [0.15, 0.2) is 0 Å². The molecule has 0 spiro atoms. The molecule has 2 fully saturated rings. The van der Waals surface area contributed by atoms with Crippen LogP contribution in [0.1, 0.15) is 54.0 Å². The second kappa shape index (κ2) is 14.7. The summed E-state index contributed by atoms with van der Waals surface area (Å²) in [6, 6.07) is 3.84. The second-order valence-electron chi connectivity index (χ2n) is 14.0. The van der Waals surface area contributed by atoms with Crippen molar-refractivity contribution in [1.82, 2.24) is 29.9 Å². The normalized spacial score (nSPS) is 16.2. The van der Waals surface area contributed by atoms with Crippen molar-refractivity contribution in [2.45, 2.75) is 65.3 Å². The Labute approximate surface area is 283 Å². The van der Waals surface area contributed by atoms with Crippen molar-refractivity contribution in [3.05, 3.63) is 47.4 Å². The van der Waals surface area contributed by atoms with E-state index in [0.29, 0.717) is 36.1 Å². The van der Waals surface area contributed by atoms with Crippen LogP contribution in [-0.4, -0.2) is 94.0 Å². The van der Waals surface area contributed by atoms with Gasteiger partial charge in [0.2, 0.25) is 11.9 Å². The number of rotatable bonds is 17. The van der Waals surface area contributed by atoms with Gasteiger partial charge in [-0.05, 0) is 101 Å². The zero-order chi connectivity index (χ0) is 34.8. The largest absolute Gasteiger partial charge is 0.358 e. The Balaban J connectivity index is 1.30. The van der Waals surface area contributed by atoms with E-state index < -0.39 is 43.7 Å². The summed E-state index contributed by atoms with van der Waals surface area (Å²) in [5.41, 5.74) is 2.54. The summed E-state index contributed by atoms with van der Waals surface area (Å²) < 4.78 is 47.8. The summed E-state index contributed by atoms with van der Waals surface area (Å²) in [7, 11) is -3.83. The number of aryl methyl sites for hydroxylation is 2. The number of carbonyl (C=O) groups excluding carboxylic acids is 2. The average molecular weight is 706 g/mol. The zero-order valence-electron chi connectivity index (χ0n) is 28.7. The fraction of sp³-hybridized carbons (Fsp3) is 0.606. The molecule has 264 valence electrons. The van der Waals surface area contributed by atoms with Crippen LogP contribution in [0.15, 0.2) is 24.4 Å². The lowest BCUT2D eigenvalue weighted by molar-refractivity contribution is -0.119. The molecule has 0 unspecified atom stereocenters. The molecule has 3 aromatic rings. The van der Waals surface area contributed by atoms with Gasteiger partial charge in [-0.1, -0.05) is 0 Å². The van der Waals surface area contributed by atoms with Gasteiger partial charge in [-0.15, -0.1) is 0 Å². The van der Waals surface area contributed by atoms with Crippen molar-refractivity contribution < 1.29 is 27.1 Å². The first kappa shape index (κ1) is 36.0. The van der Waals surface area contributed by atoms with Gasteiger partial charge in [0, 0.05) is 41.6 Å². The van der Waals surface area contributed by atoms with E-state index in [1.165, 1.54) is 17.1 Å². The van der Waals surface area contributed by atoms with Crippen molar-refractivity contribution in [3.8, 4) is 11.1 Å². The molecule has 12 nitrogen and oxygen atoms in total. The molecule has 2 amide bonds. The minimum absolute atomic E-state index is 0.0268. The van der Waals surface area contributed by atoms with E-state index in [9.17, 15) is 18.0 Å². The Morgan fingerprint density at radius 3 is 2.31 bits per heavy atom. The van der Waals surface area contributed by atoms with E-state index in [-0.39, 0.29) is 42.0 Å². The molecule has 0 saturated heterocycles. The Morgan fingerprint density at radius 2 is 1.71 bits per heavy atom. The number of halogens is 1. The minimum Gasteiger partial charge on any atom is -0.358 e. The van der Waals surface area contributed by atoms with E-state index in [1.807, 2.05) is 13.8 Å². The SMILES string of the molecule is Cc1nn(COCCS(C)(C)C)c(C)c1-c1ccc(NC(=O)[C@@H](NC(=O)c2ccnn2CCCS(C)(=O)=O)C(C2CC2)C2CC2)nc1F. The molecule has 3 aromatic heterocycles. The fourth-order valence-corrected chi connectivity index (χ4v) is 7.46. The van der Waals surface area contributed by atoms with Gasteiger partial charge in [-0.3, -0.25) is 14.3 Å². The molecule has 48 heavy (non-hydrogen) atoms. The Kier molecular flexibility index (Phi) is 11.0. The third-order valence-corrected chi connectivity index (χ3v) is 11.3. The van der Waals surface area contributed by atoms with Crippen LogP contribution >= 0.6 is 10.0 Å². The highest BCUT2D eigenvalue weighted by Gasteiger charge is 2.48. The highest BCUT2D eigenvalue weighted by Crippen LogP contribution is 2.51. The number of anilines is 1. The van der Waals surface area contributed by atoms with Crippen molar-refractivity contribution >= 4 is 37.5 Å². The molecule has 3 heterocycles. The Morgan fingerprint density at radius 1 is 1.02 bits per heavy atom. The smallest absolute Gasteiger partial charge is 0.270 e. The maximum atomic E-state index is 15.6. The van der Waals surface area contributed by atoms with Crippen molar-refractivity contribution in [2.75, 3.05) is 48.5 Å². The maximum absolute atomic E-state index is 15.6. The van der Waals surface area contributed by atoms with Crippen LogP contribution in [0, 0.1) is 37.5 Å². The first-order valence-corrected chi connectivity index (χ1v) is 21.5. The van der Waals surface area contributed by atoms with Crippen LogP contribution in [-0.2, 0) is 32.6 Å². The number of ether oxygens (including phenoxy) is 1. The standard InChI is InChI=1S/C33H48FN7O5S2/c1-21-28(22(2)41(39-21)20-46-17-19-47(3,4)5)25-12-13-27(36-31(25)34)37-33(43)30(29(23-8-9-23)24-10-11-24)38-32(42)26-14-15-35-40(26)16-7-18-48(6,44)45/h12-15,23-24,29-30H,7-11,16-20H2,1-6H3,(H,38,42)(H,36,37,43)/t30-/m0/s1. The number of pyridine rings is 1. The number of nitrogens with zero attached hydrogens (tertiary/aromatic N) is 5. The minimum atomic E-state index is -3.16. The summed E-state index contributed by atoms with van der Waals surface area (Å²) in [5.74, 6) is -0.0755. The van der Waals surface area contributed by atoms with Gasteiger partial charge in [-0.2, -0.15) is 14.6 Å². The third kappa shape index (κ3) is 9.44. The molecule has 0 bridgehead atoms. The predicted octanol–water partition coefficient (Wildman–Crippen LogP) is 4.17. The van der Waals surface area contributed by atoms with Crippen LogP contribution in [0.4, 0.5) is 10.2 Å². The van der Waals surface area contributed by atoms with Crippen molar-refractivity contribution in [3.63, 3.8) is 0 Å². The van der Waals surface area contributed by atoms with E-state index in [1.54, 1.807) is 22.9 Å². The quantitative estimate of drug-likeness (QED) is 0.157. The lowest BCUT2D eigenvalue weighted by Crippen LogP contribution is -2.50. The van der Waals surface area contributed by atoms with Gasteiger partial charge < -0.3 is 15.4 Å². The van der Waals surface area contributed by atoms with Crippen molar-refractivity contribution in [2.24, 2.45) is 17.8 Å². The molecule has 0 radical (unpaired) electrons. The summed E-state index contributed by atoms with van der Waals surface area (Å²) in [5, 5.41) is 14.5. The summed E-state index contributed by atoms with van der Waals surface area (Å²) in [6.45, 7) is 4.81. The molecular weight excluding hydrogens is 658 g/mol. The molecule has 2 aliphatic rings. The highest BCUT2D eigenvalue weighted by molar-refractivity contribution is 8.32. The lowest BCUT2D eigenvalue weighted by Gasteiger charge is -2.27. The molecular formula is C33H48FN7O5S2. The number of hydrogen-bond donors (Lipinski definition) is 2. The van der Waals surface area contributed by atoms with Crippen LogP contribution in [0.2, 0.25) is 0 Å². The summed E-state index contributed by atoms with van der Waals surface area (Å²) >= 11 is 0. The number of hydrogen-bond acceptors (Lipinski definition) is 8. The van der Waals surface area contributed by atoms with Crippen LogP contribution in [0.3, 0.4) is 0 Å². The van der Waals surface area contributed by atoms with Crippen LogP contribution in [0.5, 0.6) is 0 Å². The zero-order valence-corrected chi connectivity index (χ0v) is 30.3. The lowest BCUT2D eigenvalue weighted by atomic mass is 9.88. The van der Waals surface area contributed by atoms with Gasteiger partial charge in [0.25, 0.3) is 5.91 Å². The number of aromatic nitrogens is 5. The topological polar surface area (TPSA) is 150 Å². The van der Waals surface area contributed by atoms with Crippen LogP contribution < -0.4 is 10.6 Å². The van der Waals surface area contributed by atoms with E-state index in [2.05, 4.69) is 44.6 Å². The summed E-state index contributed by atoms with van der Waals surface area (Å²) in [6.07, 6.45) is 13.6. The van der Waals surface area contributed by atoms with Gasteiger partial charge in [-0.25, -0.2) is 28.1 Å². The van der Waals surface area contributed by atoms with Crippen molar-refractivity contribution in [1.29, 1.82) is 0 Å². The Hall–Kier alpha value is -3.30. The molecule has 2 saturated carbocycles. The van der Waals surface area contributed by atoms with Gasteiger partial charge >= 0.3 is 0 Å². The fourth-order valence-electron chi connectivity index (χ4n) is 6.19. The highest BCUT2D eigenvalue weighted by atomic mass is 32.3. The molecule has 15 heteroatoms. The second-order valence-corrected chi connectivity index (χ2v) is 20.9. The average Bonchev–Trinajstić information content (AvgIpc) is 3.93. The molecule has 2 aliphatic carbocycles. The monoisotopic (exact) mass is 705 g/mol. The van der Waals surface area contributed by atoms with Gasteiger partial charge in [0.05, 0.1) is 18.1 Å². The Bertz CT molecular complexity index is 1730. The molecule has 0 aromatic carbocycles. The maximum Gasteiger partial charge on any atom is 0.270 e. The van der Waals surface area contributed by atoms with Crippen LogP contribution in [0.25, 0.3) is 11.1 Å². The number of amides is 2. The van der Waals surface area contributed by atoms with Gasteiger partial charge in [0.1, 0.15) is 34.1 Å². The van der Waals surface area contributed by atoms with E-state index in [0.717, 1.165) is 37.1 Å². The first-order valence-electron chi connectivity index (χ1n) is 16.4. The number of carbonyl (C=O) groups is 2. The third-order valence-electron chi connectivity index (χ3n) is 8.93. The predicted molar refractivity (Wildman–Crippen MR) is 186 cm³/mol. The van der Waals surface area contributed by atoms with E-state index in [4.69, 9.17) is 4.74 Å². The first-order chi connectivity index (χ1) is 22.6. The summed E-state index contributed by atoms with van der Waals surface area (Å²) in [4.78, 5) is 31.5. The molecule has 0 aliphatic heterocycles.